The Morgan fingerprint density at radius 3 is 2.67 bits per heavy atom. The molecule has 92 valence electrons. The molecule has 1 aromatic carbocycles. The van der Waals surface area contributed by atoms with Gasteiger partial charge in [-0.05, 0) is 18.2 Å². The van der Waals surface area contributed by atoms with E-state index in [0.717, 1.165) is 0 Å². The summed E-state index contributed by atoms with van der Waals surface area (Å²) in [6, 6.07) is 7.93. The molecule has 0 bridgehead atoms. The lowest BCUT2D eigenvalue weighted by Gasteiger charge is -2.07. The Kier molecular flexibility index (Phi) is 3.34. The minimum Gasteiger partial charge on any atom is -0.437 e. The Bertz CT molecular complexity index is 584. The highest BCUT2D eigenvalue weighted by atomic mass is 35.5. The average Bonchev–Trinajstić information content (AvgIpc) is 2.34. The molecule has 0 saturated heterocycles. The highest BCUT2D eigenvalue weighted by Crippen LogP contribution is 2.30. The van der Waals surface area contributed by atoms with Crippen molar-refractivity contribution in [1.82, 2.24) is 4.98 Å². The van der Waals surface area contributed by atoms with Crippen molar-refractivity contribution in [2.24, 2.45) is 5.73 Å². The zero-order valence-corrected chi connectivity index (χ0v) is 10.0. The number of nitrogens with zero attached hydrogens (tertiary/aromatic N) is 1. The predicted octanol–water partition coefficient (Wildman–Crippen LogP) is 2.21. The van der Waals surface area contributed by atoms with Crippen molar-refractivity contribution in [1.29, 1.82) is 0 Å². The van der Waals surface area contributed by atoms with Crippen molar-refractivity contribution in [3.63, 3.8) is 0 Å². The van der Waals surface area contributed by atoms with E-state index in [4.69, 9.17) is 27.8 Å². The standard InChI is InChI=1S/C12H10ClN3O2/c13-9-3-2-8(14)5-10(9)18-11-4-1-7(6-16-11)12(15)17/h1-6H,14H2,(H2,15,17). The summed E-state index contributed by atoms with van der Waals surface area (Å²) in [6.45, 7) is 0. The number of halogens is 1. The van der Waals surface area contributed by atoms with Crippen LogP contribution in [0, 0.1) is 0 Å². The summed E-state index contributed by atoms with van der Waals surface area (Å²) >= 11 is 5.95. The number of pyridine rings is 1. The molecule has 2 rings (SSSR count). The fourth-order valence-corrected chi connectivity index (χ4v) is 1.45. The summed E-state index contributed by atoms with van der Waals surface area (Å²) in [5.74, 6) is 0.152. The molecule has 0 aliphatic rings. The summed E-state index contributed by atoms with van der Waals surface area (Å²) in [6.07, 6.45) is 1.33. The Labute approximate surface area is 108 Å². The average molecular weight is 264 g/mol. The van der Waals surface area contributed by atoms with Gasteiger partial charge in [-0.3, -0.25) is 4.79 Å². The predicted molar refractivity (Wildman–Crippen MR) is 68.7 cm³/mol. The number of ether oxygens (including phenoxy) is 1. The Morgan fingerprint density at radius 2 is 2.06 bits per heavy atom. The van der Waals surface area contributed by atoms with Gasteiger partial charge >= 0.3 is 0 Å². The highest BCUT2D eigenvalue weighted by molar-refractivity contribution is 6.32. The number of rotatable bonds is 3. The summed E-state index contributed by atoms with van der Waals surface area (Å²) in [5.41, 5.74) is 11.6. The van der Waals surface area contributed by atoms with Crippen molar-refractivity contribution < 1.29 is 9.53 Å². The van der Waals surface area contributed by atoms with Gasteiger partial charge in [-0.1, -0.05) is 11.6 Å². The summed E-state index contributed by atoms with van der Waals surface area (Å²) in [5, 5.41) is 0.421. The number of carbonyl (C=O) groups is 1. The molecule has 0 aliphatic carbocycles. The molecule has 0 aliphatic heterocycles. The monoisotopic (exact) mass is 263 g/mol. The molecule has 0 fully saturated rings. The molecule has 6 heteroatoms. The minimum atomic E-state index is -0.545. The van der Waals surface area contributed by atoms with Crippen LogP contribution < -0.4 is 16.2 Å². The number of hydrogen-bond donors (Lipinski definition) is 2. The second-order valence-corrected chi connectivity index (χ2v) is 3.95. The van der Waals surface area contributed by atoms with Crippen molar-refractivity contribution in [2.75, 3.05) is 5.73 Å². The van der Waals surface area contributed by atoms with Crippen molar-refractivity contribution in [3.8, 4) is 11.6 Å². The van der Waals surface area contributed by atoms with Crippen LogP contribution in [-0.4, -0.2) is 10.9 Å². The number of benzene rings is 1. The smallest absolute Gasteiger partial charge is 0.250 e. The van der Waals surface area contributed by atoms with Gasteiger partial charge in [-0.25, -0.2) is 4.98 Å². The van der Waals surface area contributed by atoms with Crippen LogP contribution in [0.5, 0.6) is 11.6 Å². The van der Waals surface area contributed by atoms with E-state index in [2.05, 4.69) is 4.98 Å². The van der Waals surface area contributed by atoms with Crippen LogP contribution in [0.2, 0.25) is 5.02 Å². The van der Waals surface area contributed by atoms with E-state index in [0.29, 0.717) is 27.9 Å². The van der Waals surface area contributed by atoms with E-state index < -0.39 is 5.91 Å². The minimum absolute atomic E-state index is 0.299. The largest absolute Gasteiger partial charge is 0.437 e. The molecule has 5 nitrogen and oxygen atoms in total. The molecule has 0 radical (unpaired) electrons. The number of carbonyl (C=O) groups excluding carboxylic acids is 1. The van der Waals surface area contributed by atoms with Gasteiger partial charge in [0.1, 0.15) is 5.75 Å². The Balaban J connectivity index is 2.23. The van der Waals surface area contributed by atoms with E-state index in [-0.39, 0.29) is 0 Å². The molecule has 2 aromatic rings. The quantitative estimate of drug-likeness (QED) is 0.831. The van der Waals surface area contributed by atoms with E-state index in [9.17, 15) is 4.79 Å². The maximum atomic E-state index is 10.9. The van der Waals surface area contributed by atoms with E-state index in [1.165, 1.54) is 18.3 Å². The SMILES string of the molecule is NC(=O)c1ccc(Oc2cc(N)ccc2Cl)nc1. The molecule has 0 atom stereocenters. The highest BCUT2D eigenvalue weighted by Gasteiger charge is 2.06. The van der Waals surface area contributed by atoms with Crippen molar-refractivity contribution in [2.45, 2.75) is 0 Å². The lowest BCUT2D eigenvalue weighted by atomic mass is 10.3. The van der Waals surface area contributed by atoms with Gasteiger partial charge in [0.15, 0.2) is 0 Å². The van der Waals surface area contributed by atoms with Gasteiger partial charge in [0.25, 0.3) is 0 Å². The van der Waals surface area contributed by atoms with Gasteiger partial charge in [0.2, 0.25) is 11.8 Å². The lowest BCUT2D eigenvalue weighted by Crippen LogP contribution is -2.10. The topological polar surface area (TPSA) is 91.2 Å². The molecule has 1 amide bonds. The van der Waals surface area contributed by atoms with Crippen LogP contribution in [0.4, 0.5) is 5.69 Å². The summed E-state index contributed by atoms with van der Waals surface area (Å²) in [7, 11) is 0. The van der Waals surface area contributed by atoms with Crippen LogP contribution in [0.25, 0.3) is 0 Å². The molecular formula is C12H10ClN3O2. The number of primary amides is 1. The zero-order chi connectivity index (χ0) is 13.1. The summed E-state index contributed by atoms with van der Waals surface area (Å²) < 4.78 is 5.45. The first-order chi connectivity index (χ1) is 8.56. The molecule has 0 saturated carbocycles. The molecule has 1 heterocycles. The first-order valence-corrected chi connectivity index (χ1v) is 5.43. The van der Waals surface area contributed by atoms with Crippen molar-refractivity contribution in [3.05, 3.63) is 47.1 Å². The fraction of sp³-hybridized carbons (Fsp3) is 0. The van der Waals surface area contributed by atoms with Crippen LogP contribution in [0.15, 0.2) is 36.5 Å². The van der Waals surface area contributed by atoms with Crippen LogP contribution in [0.3, 0.4) is 0 Å². The first-order valence-electron chi connectivity index (χ1n) is 5.05. The molecule has 18 heavy (non-hydrogen) atoms. The maximum absolute atomic E-state index is 10.9. The van der Waals surface area contributed by atoms with Gasteiger partial charge in [0.05, 0.1) is 10.6 Å². The van der Waals surface area contributed by atoms with E-state index in [1.807, 2.05) is 0 Å². The molecule has 4 N–H and O–H groups in total. The van der Waals surface area contributed by atoms with Gasteiger partial charge < -0.3 is 16.2 Å². The Hall–Kier alpha value is -2.27. The number of anilines is 1. The normalized spacial score (nSPS) is 10.1. The van der Waals surface area contributed by atoms with E-state index in [1.54, 1.807) is 18.2 Å². The molecule has 0 unspecified atom stereocenters. The number of nitrogen functional groups attached to an aromatic ring is 1. The van der Waals surface area contributed by atoms with Crippen LogP contribution >= 0.6 is 11.6 Å². The zero-order valence-electron chi connectivity index (χ0n) is 9.26. The van der Waals surface area contributed by atoms with Gasteiger partial charge in [0, 0.05) is 24.0 Å². The third-order valence-electron chi connectivity index (χ3n) is 2.19. The Morgan fingerprint density at radius 1 is 1.28 bits per heavy atom. The van der Waals surface area contributed by atoms with Gasteiger partial charge in [-0.2, -0.15) is 0 Å². The first kappa shape index (κ1) is 12.2. The molecular weight excluding hydrogens is 254 g/mol. The number of amides is 1. The van der Waals surface area contributed by atoms with Crippen LogP contribution in [0.1, 0.15) is 10.4 Å². The third-order valence-corrected chi connectivity index (χ3v) is 2.50. The third kappa shape index (κ3) is 2.70. The van der Waals surface area contributed by atoms with Crippen molar-refractivity contribution >= 4 is 23.2 Å². The lowest BCUT2D eigenvalue weighted by molar-refractivity contribution is 0.1000. The molecule has 1 aromatic heterocycles. The molecule has 0 spiro atoms. The fourth-order valence-electron chi connectivity index (χ4n) is 1.30. The maximum Gasteiger partial charge on any atom is 0.250 e. The number of hydrogen-bond acceptors (Lipinski definition) is 4. The van der Waals surface area contributed by atoms with Crippen LogP contribution in [-0.2, 0) is 0 Å². The summed E-state index contributed by atoms with van der Waals surface area (Å²) in [4.78, 5) is 14.8. The second kappa shape index (κ2) is 4.93. The number of nitrogens with two attached hydrogens (primary N) is 2. The van der Waals surface area contributed by atoms with E-state index >= 15 is 0 Å². The second-order valence-electron chi connectivity index (χ2n) is 3.54. The number of aromatic nitrogens is 1. The van der Waals surface area contributed by atoms with Gasteiger partial charge in [-0.15, -0.1) is 0 Å².